The molecule has 0 saturated heterocycles. The van der Waals surface area contributed by atoms with Gasteiger partial charge in [-0.15, -0.1) is 0 Å². The number of carbonyl (C=O) groups excluding carboxylic acids is 2. The second-order valence-electron chi connectivity index (χ2n) is 7.90. The van der Waals surface area contributed by atoms with E-state index in [-0.39, 0.29) is 11.8 Å². The Kier molecular flexibility index (Phi) is 6.53. The zero-order valence-corrected chi connectivity index (χ0v) is 17.0. The van der Waals surface area contributed by atoms with Crippen molar-refractivity contribution in [2.24, 2.45) is 11.5 Å². The van der Waals surface area contributed by atoms with E-state index in [0.29, 0.717) is 6.42 Å². The van der Waals surface area contributed by atoms with Crippen molar-refractivity contribution >= 4 is 11.8 Å². The van der Waals surface area contributed by atoms with Gasteiger partial charge in [-0.3, -0.25) is 9.59 Å². The Labute approximate surface area is 173 Å². The van der Waals surface area contributed by atoms with Gasteiger partial charge in [-0.05, 0) is 41.5 Å². The van der Waals surface area contributed by atoms with Crippen LogP contribution < -0.4 is 11.5 Å². The van der Waals surface area contributed by atoms with E-state index in [9.17, 15) is 9.59 Å². The van der Waals surface area contributed by atoms with Gasteiger partial charge in [0.1, 0.15) is 5.41 Å². The Balaban J connectivity index is 1.69. The smallest absolute Gasteiger partial charge is 0.236 e. The number of carbonyl (C=O) groups is 2. The molecule has 0 fully saturated rings. The van der Waals surface area contributed by atoms with Crippen LogP contribution in [-0.2, 0) is 15.0 Å². The third-order valence-corrected chi connectivity index (χ3v) is 6.00. The van der Waals surface area contributed by atoms with Crippen LogP contribution in [0.25, 0.3) is 11.1 Å². The third kappa shape index (κ3) is 3.98. The molecule has 3 rings (SSSR count). The highest BCUT2D eigenvalue weighted by molar-refractivity contribution is 6.02. The molecule has 0 saturated carbocycles. The van der Waals surface area contributed by atoms with E-state index < -0.39 is 5.41 Å². The lowest BCUT2D eigenvalue weighted by atomic mass is 9.70. The Morgan fingerprint density at radius 1 is 0.724 bits per heavy atom. The number of primary amides is 2. The van der Waals surface area contributed by atoms with Crippen LogP contribution in [0.3, 0.4) is 0 Å². The fourth-order valence-corrected chi connectivity index (χ4v) is 4.59. The first kappa shape index (κ1) is 20.8. The summed E-state index contributed by atoms with van der Waals surface area (Å²) in [5, 5.41) is 0. The quantitative estimate of drug-likeness (QED) is 0.434. The van der Waals surface area contributed by atoms with Crippen molar-refractivity contribution in [2.45, 2.75) is 56.8 Å². The van der Waals surface area contributed by atoms with Gasteiger partial charge >= 0.3 is 0 Å². The summed E-state index contributed by atoms with van der Waals surface area (Å²) >= 11 is 0. The molecular weight excluding hydrogens is 360 g/mol. The first-order chi connectivity index (χ1) is 14.0. The fourth-order valence-electron chi connectivity index (χ4n) is 4.59. The maximum atomic E-state index is 12.9. The Bertz CT molecular complexity index is 871. The van der Waals surface area contributed by atoms with Crippen LogP contribution >= 0.6 is 0 Å². The normalized spacial score (nSPS) is 13.5. The molecule has 2 aromatic carbocycles. The number of rotatable bonds is 11. The molecule has 4 heteroatoms. The average Bonchev–Trinajstić information content (AvgIpc) is 3.01. The molecule has 0 unspecified atom stereocenters. The van der Waals surface area contributed by atoms with E-state index in [1.807, 2.05) is 36.4 Å². The zero-order chi connectivity index (χ0) is 20.9. The van der Waals surface area contributed by atoms with Gasteiger partial charge in [-0.1, -0.05) is 86.4 Å². The van der Waals surface area contributed by atoms with Gasteiger partial charge in [-0.25, -0.2) is 0 Å². The molecule has 0 heterocycles. The molecule has 0 atom stereocenters. The van der Waals surface area contributed by atoms with E-state index in [4.69, 9.17) is 11.5 Å². The van der Waals surface area contributed by atoms with Crippen molar-refractivity contribution in [2.75, 3.05) is 0 Å². The van der Waals surface area contributed by atoms with Crippen LogP contribution in [0.2, 0.25) is 0 Å². The van der Waals surface area contributed by atoms with E-state index in [1.54, 1.807) is 0 Å². The van der Waals surface area contributed by atoms with Crippen molar-refractivity contribution in [3.05, 3.63) is 71.8 Å². The lowest BCUT2D eigenvalue weighted by molar-refractivity contribution is -0.121. The molecule has 4 N–H and O–H groups in total. The maximum Gasteiger partial charge on any atom is 0.236 e. The summed E-state index contributed by atoms with van der Waals surface area (Å²) in [6.07, 6.45) is 7.33. The topological polar surface area (TPSA) is 86.2 Å². The fraction of sp³-hybridized carbons (Fsp3) is 0.360. The monoisotopic (exact) mass is 390 g/mol. The number of amides is 2. The van der Waals surface area contributed by atoms with Gasteiger partial charge in [-0.2, -0.15) is 0 Å². The molecule has 2 aromatic rings. The molecule has 0 bridgehead atoms. The second-order valence-corrected chi connectivity index (χ2v) is 7.90. The minimum atomic E-state index is -0.950. The Morgan fingerprint density at radius 2 is 1.17 bits per heavy atom. The first-order valence-electron chi connectivity index (χ1n) is 10.5. The molecule has 1 aliphatic rings. The van der Waals surface area contributed by atoms with Crippen molar-refractivity contribution < 1.29 is 9.59 Å². The highest BCUT2D eigenvalue weighted by atomic mass is 16.1. The van der Waals surface area contributed by atoms with Crippen molar-refractivity contribution in [1.29, 1.82) is 0 Å². The standard InChI is InChI=1S/C25H30N2O2/c1-18(12-6-4-2-3-5-7-17-23(26)28)25(24(27)29)21-15-10-8-13-19(21)20-14-9-11-16-22(20)25/h8-11,13-16H,1-7,12,17H2,(H2,26,28)(H2,27,29). The second kappa shape index (κ2) is 9.08. The summed E-state index contributed by atoms with van der Waals surface area (Å²) in [5.74, 6) is -0.582. The minimum absolute atomic E-state index is 0.227. The number of hydrogen-bond acceptors (Lipinski definition) is 2. The summed E-state index contributed by atoms with van der Waals surface area (Å²) in [6, 6.07) is 16.0. The molecule has 1 aliphatic carbocycles. The summed E-state index contributed by atoms with van der Waals surface area (Å²) in [6.45, 7) is 4.34. The van der Waals surface area contributed by atoms with Crippen LogP contribution in [0.15, 0.2) is 60.7 Å². The minimum Gasteiger partial charge on any atom is -0.370 e. The van der Waals surface area contributed by atoms with Crippen molar-refractivity contribution in [1.82, 2.24) is 0 Å². The number of hydrogen-bond donors (Lipinski definition) is 2. The van der Waals surface area contributed by atoms with Gasteiger partial charge in [0, 0.05) is 6.42 Å². The maximum absolute atomic E-state index is 12.9. The van der Waals surface area contributed by atoms with E-state index in [0.717, 1.165) is 72.8 Å². The van der Waals surface area contributed by atoms with Crippen LogP contribution in [0.1, 0.15) is 62.5 Å². The first-order valence-corrected chi connectivity index (χ1v) is 10.5. The number of fused-ring (bicyclic) bond motifs is 3. The summed E-state index contributed by atoms with van der Waals surface area (Å²) in [5.41, 5.74) is 15.2. The summed E-state index contributed by atoms with van der Waals surface area (Å²) in [7, 11) is 0. The van der Waals surface area contributed by atoms with Gasteiger partial charge in [0.25, 0.3) is 0 Å². The third-order valence-electron chi connectivity index (χ3n) is 6.00. The van der Waals surface area contributed by atoms with E-state index >= 15 is 0 Å². The number of nitrogens with two attached hydrogens (primary N) is 2. The van der Waals surface area contributed by atoms with E-state index in [2.05, 4.69) is 18.7 Å². The molecule has 4 nitrogen and oxygen atoms in total. The van der Waals surface area contributed by atoms with Gasteiger partial charge in [0.2, 0.25) is 11.8 Å². The zero-order valence-electron chi connectivity index (χ0n) is 17.0. The van der Waals surface area contributed by atoms with Crippen LogP contribution in [-0.4, -0.2) is 11.8 Å². The van der Waals surface area contributed by atoms with Crippen LogP contribution in [0.4, 0.5) is 0 Å². The molecule has 0 spiro atoms. The number of unbranched alkanes of at least 4 members (excludes halogenated alkanes) is 5. The molecule has 152 valence electrons. The summed E-state index contributed by atoms with van der Waals surface area (Å²) in [4.78, 5) is 23.6. The molecule has 0 aromatic heterocycles. The highest BCUT2D eigenvalue weighted by Gasteiger charge is 2.49. The molecule has 0 aliphatic heterocycles. The van der Waals surface area contributed by atoms with Crippen molar-refractivity contribution in [3.8, 4) is 11.1 Å². The molecule has 29 heavy (non-hydrogen) atoms. The van der Waals surface area contributed by atoms with Gasteiger partial charge in [0.15, 0.2) is 0 Å². The predicted octanol–water partition coefficient (Wildman–Crippen LogP) is 4.60. The Hall–Kier alpha value is -2.88. The molecule has 2 amide bonds. The van der Waals surface area contributed by atoms with E-state index in [1.165, 1.54) is 0 Å². The van der Waals surface area contributed by atoms with Crippen molar-refractivity contribution in [3.63, 3.8) is 0 Å². The lowest BCUT2D eigenvalue weighted by Crippen LogP contribution is -2.42. The SMILES string of the molecule is C=C(CCCCCCCCC(N)=O)C1(C(N)=O)c2ccccc2-c2ccccc21. The lowest BCUT2D eigenvalue weighted by Gasteiger charge is -2.31. The van der Waals surface area contributed by atoms with Gasteiger partial charge < -0.3 is 11.5 Å². The highest BCUT2D eigenvalue weighted by Crippen LogP contribution is 2.53. The summed E-state index contributed by atoms with van der Waals surface area (Å²) < 4.78 is 0. The molecular formula is C25H30N2O2. The number of benzene rings is 2. The predicted molar refractivity (Wildman–Crippen MR) is 117 cm³/mol. The van der Waals surface area contributed by atoms with Gasteiger partial charge in [0.05, 0.1) is 0 Å². The van der Waals surface area contributed by atoms with Crippen LogP contribution in [0.5, 0.6) is 0 Å². The average molecular weight is 391 g/mol. The van der Waals surface area contributed by atoms with Crippen LogP contribution in [0, 0.1) is 0 Å². The largest absolute Gasteiger partial charge is 0.370 e. The Morgan fingerprint density at radius 3 is 1.66 bits per heavy atom. The molecule has 0 radical (unpaired) electrons.